The Balaban J connectivity index is 2.24. The van der Waals surface area contributed by atoms with Crippen LogP contribution in [0.1, 0.15) is 0 Å². The van der Waals surface area contributed by atoms with Crippen LogP contribution in [0.4, 0.5) is 0 Å². The van der Waals surface area contributed by atoms with E-state index in [2.05, 4.69) is 12.4 Å². The predicted octanol–water partition coefficient (Wildman–Crippen LogP) is 2.98. The predicted molar refractivity (Wildman–Crippen MR) is 62.9 cm³/mol. The summed E-state index contributed by atoms with van der Waals surface area (Å²) >= 11 is 0. The van der Waals surface area contributed by atoms with Crippen LogP contribution < -0.4 is 0 Å². The summed E-state index contributed by atoms with van der Waals surface area (Å²) in [5, 5.41) is 0. The third-order valence-electron chi connectivity index (χ3n) is 1.89. The molecule has 3 heteroatoms. The van der Waals surface area contributed by atoms with Gasteiger partial charge in [0.15, 0.2) is 0 Å². The Hall–Kier alpha value is 1.03. The molecule has 0 radical (unpaired) electrons. The van der Waals surface area contributed by atoms with E-state index >= 15 is 0 Å². The molecule has 0 amide bonds. The van der Waals surface area contributed by atoms with Crippen LogP contribution in [0.15, 0.2) is 12.4 Å². The lowest BCUT2D eigenvalue weighted by Gasteiger charge is -2.09. The van der Waals surface area contributed by atoms with Gasteiger partial charge in [-0.1, -0.05) is 20.3 Å². The Morgan fingerprint density at radius 2 is 1.55 bits per heavy atom. The van der Waals surface area contributed by atoms with Crippen molar-refractivity contribution in [2.75, 3.05) is 37.0 Å². The second kappa shape index (κ2) is 6.54. The molecule has 0 saturated carbocycles. The van der Waals surface area contributed by atoms with E-state index < -0.39 is 0 Å². The lowest BCUT2D eigenvalue weighted by Crippen LogP contribution is -1.90. The standard InChI is InChI=1S/C8H17P3/c1-2-11-7-5-9-3-4-10-6-8-11/h2,9-10H,1,3-8H2. The molecule has 1 aliphatic rings. The fourth-order valence-electron chi connectivity index (χ4n) is 1.17. The summed E-state index contributed by atoms with van der Waals surface area (Å²) in [5.74, 6) is 2.23. The molecule has 0 aromatic heterocycles. The second-order valence-electron chi connectivity index (χ2n) is 2.72. The molecule has 1 fully saturated rings. The lowest BCUT2D eigenvalue weighted by molar-refractivity contribution is 1.45. The van der Waals surface area contributed by atoms with E-state index in [1.807, 2.05) is 0 Å². The highest BCUT2D eigenvalue weighted by atomic mass is 31.1. The Morgan fingerprint density at radius 1 is 1.00 bits per heavy atom. The van der Waals surface area contributed by atoms with Crippen molar-refractivity contribution >= 4 is 25.1 Å². The fourth-order valence-corrected chi connectivity index (χ4v) is 7.23. The highest BCUT2D eigenvalue weighted by Gasteiger charge is 2.04. The maximum atomic E-state index is 3.92. The summed E-state index contributed by atoms with van der Waals surface area (Å²) in [6.45, 7) is 3.92. The van der Waals surface area contributed by atoms with Gasteiger partial charge in [0.05, 0.1) is 0 Å². The first kappa shape index (κ1) is 10.1. The van der Waals surface area contributed by atoms with E-state index in [1.165, 1.54) is 54.1 Å². The highest BCUT2D eigenvalue weighted by Crippen LogP contribution is 2.40. The minimum Gasteiger partial charge on any atom is -0.121 e. The summed E-state index contributed by atoms with van der Waals surface area (Å²) in [6, 6.07) is 0. The molecule has 11 heavy (non-hydrogen) atoms. The average Bonchev–Trinajstić information content (AvgIpc) is 2.16. The summed E-state index contributed by atoms with van der Waals surface area (Å²) in [5.41, 5.74) is 0. The molecular weight excluding hydrogens is 189 g/mol. The minimum atomic E-state index is 0.248. The van der Waals surface area contributed by atoms with Crippen LogP contribution in [0.2, 0.25) is 0 Å². The van der Waals surface area contributed by atoms with Gasteiger partial charge in [0.1, 0.15) is 0 Å². The zero-order valence-electron chi connectivity index (χ0n) is 6.97. The van der Waals surface area contributed by atoms with E-state index in [0.29, 0.717) is 0 Å². The van der Waals surface area contributed by atoms with Crippen molar-refractivity contribution in [1.29, 1.82) is 0 Å². The molecule has 0 aliphatic carbocycles. The summed E-state index contributed by atoms with van der Waals surface area (Å²) in [6.07, 6.45) is 8.95. The monoisotopic (exact) mass is 206 g/mol. The van der Waals surface area contributed by atoms with Crippen molar-refractivity contribution in [3.8, 4) is 0 Å². The van der Waals surface area contributed by atoms with E-state index in [0.717, 1.165) is 0 Å². The molecule has 1 saturated heterocycles. The molecule has 0 aromatic carbocycles. The Labute approximate surface area is 74.9 Å². The molecular formula is C8H17P3. The first-order chi connectivity index (χ1) is 5.43. The largest absolute Gasteiger partial charge is 0.121 e. The van der Waals surface area contributed by atoms with E-state index in [4.69, 9.17) is 0 Å². The van der Waals surface area contributed by atoms with Crippen LogP contribution in [-0.2, 0) is 0 Å². The average molecular weight is 206 g/mol. The smallest absolute Gasteiger partial charge is 0.0254 e. The molecule has 0 aromatic rings. The first-order valence-corrected chi connectivity index (χ1v) is 8.82. The van der Waals surface area contributed by atoms with Gasteiger partial charge in [-0.3, -0.25) is 0 Å². The number of hydrogen-bond donors (Lipinski definition) is 0. The van der Waals surface area contributed by atoms with Gasteiger partial charge in [0.2, 0.25) is 0 Å². The van der Waals surface area contributed by atoms with E-state index in [1.54, 1.807) is 0 Å². The van der Waals surface area contributed by atoms with Crippen LogP contribution in [0.5, 0.6) is 0 Å². The molecule has 0 N–H and O–H groups in total. The molecule has 1 heterocycles. The van der Waals surface area contributed by atoms with Crippen molar-refractivity contribution in [3.05, 3.63) is 12.4 Å². The van der Waals surface area contributed by atoms with Crippen molar-refractivity contribution in [2.45, 2.75) is 0 Å². The van der Waals surface area contributed by atoms with Crippen molar-refractivity contribution in [3.63, 3.8) is 0 Å². The summed E-state index contributed by atoms with van der Waals surface area (Å²) in [4.78, 5) is 0. The maximum Gasteiger partial charge on any atom is -0.0254 e. The number of hydrogen-bond acceptors (Lipinski definition) is 0. The fraction of sp³-hybridized carbons (Fsp3) is 0.750. The molecule has 1 rings (SSSR count). The molecule has 1 aliphatic heterocycles. The molecule has 2 unspecified atom stereocenters. The molecule has 64 valence electrons. The van der Waals surface area contributed by atoms with Crippen molar-refractivity contribution in [2.24, 2.45) is 0 Å². The molecule has 0 bridgehead atoms. The quantitative estimate of drug-likeness (QED) is 0.578. The topological polar surface area (TPSA) is 0 Å². The lowest BCUT2D eigenvalue weighted by atomic mass is 10.9. The molecule has 0 nitrogen and oxygen atoms in total. The van der Waals surface area contributed by atoms with Gasteiger partial charge in [-0.15, -0.1) is 17.2 Å². The van der Waals surface area contributed by atoms with Gasteiger partial charge in [0.25, 0.3) is 0 Å². The Kier molecular flexibility index (Phi) is 6.01. The first-order valence-electron chi connectivity index (χ1n) is 4.21. The zero-order chi connectivity index (χ0) is 7.94. The highest BCUT2D eigenvalue weighted by molar-refractivity contribution is 7.62. The van der Waals surface area contributed by atoms with Crippen LogP contribution in [0, 0.1) is 0 Å². The van der Waals surface area contributed by atoms with Gasteiger partial charge in [0, 0.05) is 0 Å². The minimum absolute atomic E-state index is 0.248. The Bertz CT molecular complexity index is 104. The van der Waals surface area contributed by atoms with Crippen molar-refractivity contribution < 1.29 is 0 Å². The molecule has 0 spiro atoms. The van der Waals surface area contributed by atoms with Crippen LogP contribution >= 0.6 is 25.1 Å². The van der Waals surface area contributed by atoms with Crippen molar-refractivity contribution in [1.82, 2.24) is 0 Å². The van der Waals surface area contributed by atoms with Crippen LogP contribution in [0.3, 0.4) is 0 Å². The third-order valence-corrected chi connectivity index (χ3v) is 7.76. The van der Waals surface area contributed by atoms with Gasteiger partial charge in [-0.05, 0) is 37.0 Å². The van der Waals surface area contributed by atoms with Gasteiger partial charge < -0.3 is 0 Å². The van der Waals surface area contributed by atoms with Crippen LogP contribution in [-0.4, -0.2) is 37.0 Å². The van der Waals surface area contributed by atoms with Gasteiger partial charge in [-0.25, -0.2) is 0 Å². The summed E-state index contributed by atoms with van der Waals surface area (Å²) < 4.78 is 0. The third kappa shape index (κ3) is 4.57. The SMILES string of the molecule is C=CP1CCPCCPCC1. The van der Waals surface area contributed by atoms with E-state index in [9.17, 15) is 0 Å². The summed E-state index contributed by atoms with van der Waals surface area (Å²) in [7, 11) is 2.75. The zero-order valence-corrected chi connectivity index (χ0v) is 9.87. The van der Waals surface area contributed by atoms with E-state index in [-0.39, 0.29) is 7.92 Å². The number of rotatable bonds is 1. The normalized spacial score (nSPS) is 32.5. The maximum absolute atomic E-state index is 3.92. The van der Waals surface area contributed by atoms with Gasteiger partial charge in [-0.2, -0.15) is 0 Å². The second-order valence-corrected chi connectivity index (χ2v) is 8.16. The molecule has 2 atom stereocenters. The Morgan fingerprint density at radius 3 is 2.00 bits per heavy atom. The van der Waals surface area contributed by atoms with Crippen LogP contribution in [0.25, 0.3) is 0 Å². The van der Waals surface area contributed by atoms with Gasteiger partial charge >= 0.3 is 0 Å².